The molecule has 0 saturated heterocycles. The second kappa shape index (κ2) is 4.56. The smallest absolute Gasteiger partial charge is 0.170 e. The summed E-state index contributed by atoms with van der Waals surface area (Å²) >= 11 is 0. The largest absolute Gasteiger partial charge is 0.369 e. The maximum atomic E-state index is 4.38. The highest BCUT2D eigenvalue weighted by molar-refractivity contribution is 5.86. The van der Waals surface area contributed by atoms with E-state index in [-0.39, 0.29) is 0 Å². The molecule has 3 heterocycles. The van der Waals surface area contributed by atoms with Crippen molar-refractivity contribution in [2.45, 2.75) is 12.8 Å². The van der Waals surface area contributed by atoms with E-state index in [1.54, 1.807) is 23.4 Å². The van der Waals surface area contributed by atoms with Gasteiger partial charge in [-0.2, -0.15) is 9.78 Å². The molecule has 6 heteroatoms. The Morgan fingerprint density at radius 2 is 2.15 bits per heavy atom. The van der Waals surface area contributed by atoms with Gasteiger partial charge in [0.15, 0.2) is 11.5 Å². The SMILES string of the molecule is c1ccc(-n2ncc3c(NCC4CC4)ncnc32)nc1. The first-order chi connectivity index (χ1) is 9.92. The fourth-order valence-electron chi connectivity index (χ4n) is 2.19. The molecule has 0 amide bonds. The third-order valence-corrected chi connectivity index (χ3v) is 3.49. The van der Waals surface area contributed by atoms with Gasteiger partial charge in [0.2, 0.25) is 0 Å². The van der Waals surface area contributed by atoms with Crippen LogP contribution in [0.4, 0.5) is 5.82 Å². The molecule has 100 valence electrons. The molecule has 0 aliphatic heterocycles. The average molecular weight is 266 g/mol. The summed E-state index contributed by atoms with van der Waals surface area (Å²) in [5.41, 5.74) is 0.775. The maximum Gasteiger partial charge on any atom is 0.170 e. The lowest BCUT2D eigenvalue weighted by molar-refractivity contribution is 0.860. The molecule has 1 aliphatic rings. The van der Waals surface area contributed by atoms with Crippen LogP contribution in [0, 0.1) is 5.92 Å². The summed E-state index contributed by atoms with van der Waals surface area (Å²) in [5.74, 6) is 2.41. The van der Waals surface area contributed by atoms with Crippen molar-refractivity contribution in [2.75, 3.05) is 11.9 Å². The predicted octanol–water partition coefficient (Wildman–Crippen LogP) is 2.03. The van der Waals surface area contributed by atoms with E-state index in [9.17, 15) is 0 Å². The fourth-order valence-corrected chi connectivity index (χ4v) is 2.19. The summed E-state index contributed by atoms with van der Waals surface area (Å²) in [6, 6.07) is 5.72. The third-order valence-electron chi connectivity index (χ3n) is 3.49. The van der Waals surface area contributed by atoms with Gasteiger partial charge in [-0.05, 0) is 30.9 Å². The van der Waals surface area contributed by atoms with Crippen LogP contribution in [-0.2, 0) is 0 Å². The van der Waals surface area contributed by atoms with Crippen molar-refractivity contribution in [1.82, 2.24) is 24.7 Å². The van der Waals surface area contributed by atoms with Crippen LogP contribution >= 0.6 is 0 Å². The van der Waals surface area contributed by atoms with Crippen LogP contribution in [0.3, 0.4) is 0 Å². The van der Waals surface area contributed by atoms with E-state index < -0.39 is 0 Å². The number of hydrogen-bond donors (Lipinski definition) is 1. The number of pyridine rings is 1. The minimum absolute atomic E-state index is 0.759. The van der Waals surface area contributed by atoms with Gasteiger partial charge in [0.1, 0.15) is 12.1 Å². The van der Waals surface area contributed by atoms with Gasteiger partial charge < -0.3 is 5.32 Å². The zero-order valence-corrected chi connectivity index (χ0v) is 10.9. The zero-order valence-electron chi connectivity index (χ0n) is 10.9. The molecule has 4 rings (SSSR count). The van der Waals surface area contributed by atoms with Crippen LogP contribution in [-0.4, -0.2) is 31.3 Å². The Bertz CT molecular complexity index is 732. The minimum Gasteiger partial charge on any atom is -0.369 e. The Hall–Kier alpha value is -2.50. The molecular formula is C14H14N6. The van der Waals surface area contributed by atoms with Gasteiger partial charge in [-0.25, -0.2) is 15.0 Å². The molecule has 0 spiro atoms. The molecule has 1 fully saturated rings. The summed E-state index contributed by atoms with van der Waals surface area (Å²) < 4.78 is 1.74. The Morgan fingerprint density at radius 1 is 1.20 bits per heavy atom. The fraction of sp³-hybridized carbons (Fsp3) is 0.286. The highest BCUT2D eigenvalue weighted by Crippen LogP contribution is 2.29. The van der Waals surface area contributed by atoms with Gasteiger partial charge in [-0.15, -0.1) is 0 Å². The maximum absolute atomic E-state index is 4.38. The van der Waals surface area contributed by atoms with E-state index in [2.05, 4.69) is 25.4 Å². The van der Waals surface area contributed by atoms with E-state index in [4.69, 9.17) is 0 Å². The van der Waals surface area contributed by atoms with Gasteiger partial charge in [0.05, 0.1) is 11.6 Å². The predicted molar refractivity (Wildman–Crippen MR) is 75.7 cm³/mol. The Morgan fingerprint density at radius 3 is 2.95 bits per heavy atom. The number of hydrogen-bond acceptors (Lipinski definition) is 5. The van der Waals surface area contributed by atoms with Gasteiger partial charge in [-0.1, -0.05) is 6.07 Å². The Kier molecular flexibility index (Phi) is 2.58. The van der Waals surface area contributed by atoms with Crippen LogP contribution in [0.1, 0.15) is 12.8 Å². The van der Waals surface area contributed by atoms with Gasteiger partial charge >= 0.3 is 0 Å². The summed E-state index contributed by atoms with van der Waals surface area (Å²) in [6.45, 7) is 0.973. The van der Waals surface area contributed by atoms with Gasteiger partial charge in [0, 0.05) is 12.7 Å². The van der Waals surface area contributed by atoms with E-state index in [1.807, 2.05) is 18.2 Å². The molecule has 3 aromatic rings. The van der Waals surface area contributed by atoms with Gasteiger partial charge in [-0.3, -0.25) is 0 Å². The van der Waals surface area contributed by atoms with Crippen molar-refractivity contribution in [3.63, 3.8) is 0 Å². The number of anilines is 1. The normalized spacial score (nSPS) is 14.6. The molecule has 0 atom stereocenters. The molecule has 1 saturated carbocycles. The monoisotopic (exact) mass is 266 g/mol. The molecule has 0 bridgehead atoms. The minimum atomic E-state index is 0.759. The Balaban J connectivity index is 1.75. The van der Waals surface area contributed by atoms with Crippen LogP contribution in [0.5, 0.6) is 0 Å². The number of nitrogens with one attached hydrogen (secondary N) is 1. The zero-order chi connectivity index (χ0) is 13.4. The molecule has 6 nitrogen and oxygen atoms in total. The average Bonchev–Trinajstić information content (AvgIpc) is 3.23. The summed E-state index contributed by atoms with van der Waals surface area (Å²) in [7, 11) is 0. The number of fused-ring (bicyclic) bond motifs is 1. The van der Waals surface area contributed by atoms with E-state index >= 15 is 0 Å². The summed E-state index contributed by atoms with van der Waals surface area (Å²) in [6.07, 6.45) is 7.73. The quantitative estimate of drug-likeness (QED) is 0.782. The standard InChI is InChI=1S/C14H14N6/c1-2-6-15-12(3-1)20-14-11(8-19-20)13(17-9-18-14)16-7-10-4-5-10/h1-3,6,8-10H,4-5,7H2,(H,16,17,18). The highest BCUT2D eigenvalue weighted by atomic mass is 15.3. The van der Waals surface area contributed by atoms with Crippen LogP contribution < -0.4 is 5.32 Å². The van der Waals surface area contributed by atoms with Crippen molar-refractivity contribution < 1.29 is 0 Å². The van der Waals surface area contributed by atoms with Crippen molar-refractivity contribution >= 4 is 16.9 Å². The van der Waals surface area contributed by atoms with Crippen molar-refractivity contribution in [2.24, 2.45) is 5.92 Å². The van der Waals surface area contributed by atoms with Crippen molar-refractivity contribution in [1.29, 1.82) is 0 Å². The second-order valence-corrected chi connectivity index (χ2v) is 5.03. The first-order valence-electron chi connectivity index (χ1n) is 6.76. The van der Waals surface area contributed by atoms with E-state index in [1.165, 1.54) is 12.8 Å². The summed E-state index contributed by atoms with van der Waals surface area (Å²) in [5, 5.41) is 8.70. The Labute approximate surface area is 115 Å². The second-order valence-electron chi connectivity index (χ2n) is 5.03. The first-order valence-corrected chi connectivity index (χ1v) is 6.76. The topological polar surface area (TPSA) is 68.5 Å². The molecule has 20 heavy (non-hydrogen) atoms. The lowest BCUT2D eigenvalue weighted by atomic mass is 10.3. The highest BCUT2D eigenvalue weighted by Gasteiger charge is 2.21. The van der Waals surface area contributed by atoms with Crippen molar-refractivity contribution in [3.8, 4) is 5.82 Å². The molecule has 1 aliphatic carbocycles. The molecule has 0 unspecified atom stereocenters. The molecule has 3 aromatic heterocycles. The summed E-state index contributed by atoms with van der Waals surface area (Å²) in [4.78, 5) is 13.0. The lowest BCUT2D eigenvalue weighted by Crippen LogP contribution is -2.06. The van der Waals surface area contributed by atoms with Crippen LogP contribution in [0.15, 0.2) is 36.9 Å². The number of nitrogens with zero attached hydrogens (tertiary/aromatic N) is 5. The third kappa shape index (κ3) is 1.99. The van der Waals surface area contributed by atoms with Crippen LogP contribution in [0.25, 0.3) is 16.9 Å². The van der Waals surface area contributed by atoms with E-state index in [0.29, 0.717) is 0 Å². The number of aromatic nitrogens is 5. The number of rotatable bonds is 4. The molecule has 0 radical (unpaired) electrons. The van der Waals surface area contributed by atoms with Crippen molar-refractivity contribution in [3.05, 3.63) is 36.9 Å². The molecule has 1 N–H and O–H groups in total. The first kappa shape index (κ1) is 11.3. The van der Waals surface area contributed by atoms with E-state index in [0.717, 1.165) is 35.1 Å². The van der Waals surface area contributed by atoms with Gasteiger partial charge in [0.25, 0.3) is 0 Å². The molecular weight excluding hydrogens is 252 g/mol. The van der Waals surface area contributed by atoms with Crippen LogP contribution in [0.2, 0.25) is 0 Å². The molecule has 0 aromatic carbocycles. The lowest BCUT2D eigenvalue weighted by Gasteiger charge is -2.05.